The van der Waals surface area contributed by atoms with E-state index in [-0.39, 0.29) is 10.9 Å². The third-order valence-corrected chi connectivity index (χ3v) is 2.46. The first-order chi connectivity index (χ1) is 7.75. The van der Waals surface area contributed by atoms with Crippen molar-refractivity contribution in [1.82, 2.24) is 15.0 Å². The summed E-state index contributed by atoms with van der Waals surface area (Å²) >= 11 is 0. The second kappa shape index (κ2) is 3.03. The van der Waals surface area contributed by atoms with Crippen LogP contribution in [-0.4, -0.2) is 15.0 Å². The van der Waals surface area contributed by atoms with Gasteiger partial charge in [-0.15, -0.1) is 0 Å². The molecule has 3 aromatic heterocycles. The smallest absolute Gasteiger partial charge is 0.191 e. The van der Waals surface area contributed by atoms with Crippen LogP contribution in [0.3, 0.4) is 0 Å². The summed E-state index contributed by atoms with van der Waals surface area (Å²) in [5.74, 6) is 0. The predicted octanol–water partition coefficient (Wildman–Crippen LogP) is 0.765. The molecule has 0 amide bonds. The van der Waals surface area contributed by atoms with Gasteiger partial charge in [0.25, 0.3) is 0 Å². The van der Waals surface area contributed by atoms with E-state index in [1.165, 1.54) is 24.5 Å². The Bertz CT molecular complexity index is 736. The predicted molar refractivity (Wildman–Crippen MR) is 60.5 cm³/mol. The van der Waals surface area contributed by atoms with Crippen molar-refractivity contribution < 1.29 is 0 Å². The fourth-order valence-corrected chi connectivity index (χ4v) is 1.68. The van der Waals surface area contributed by atoms with Crippen molar-refractivity contribution >= 4 is 22.1 Å². The Morgan fingerprint density at radius 2 is 1.38 bits per heavy atom. The molecule has 3 heterocycles. The monoisotopic (exact) mass is 213 g/mol. The lowest BCUT2D eigenvalue weighted by molar-refractivity contribution is 1.26. The summed E-state index contributed by atoms with van der Waals surface area (Å²) in [4.78, 5) is 33.1. The second-order valence-corrected chi connectivity index (χ2v) is 3.46. The van der Waals surface area contributed by atoms with Crippen molar-refractivity contribution in [3.8, 4) is 0 Å². The summed E-state index contributed by atoms with van der Waals surface area (Å²) in [7, 11) is 0. The van der Waals surface area contributed by atoms with Crippen molar-refractivity contribution in [3.63, 3.8) is 0 Å². The molecule has 0 saturated heterocycles. The van der Waals surface area contributed by atoms with E-state index in [0.717, 1.165) is 0 Å². The third-order valence-electron chi connectivity index (χ3n) is 2.46. The molecule has 0 radical (unpaired) electrons. The Labute approximate surface area is 88.8 Å². The van der Waals surface area contributed by atoms with E-state index in [1.807, 2.05) is 0 Å². The molecule has 0 aliphatic heterocycles. The van der Waals surface area contributed by atoms with Gasteiger partial charge < -0.3 is 9.97 Å². The minimum Gasteiger partial charge on any atom is -0.346 e. The van der Waals surface area contributed by atoms with E-state index in [9.17, 15) is 9.59 Å². The van der Waals surface area contributed by atoms with Gasteiger partial charge in [-0.3, -0.25) is 9.59 Å². The molecule has 0 aliphatic carbocycles. The van der Waals surface area contributed by atoms with Crippen molar-refractivity contribution in [2.75, 3.05) is 0 Å². The topological polar surface area (TPSA) is 78.6 Å². The zero-order valence-electron chi connectivity index (χ0n) is 8.15. The van der Waals surface area contributed by atoms with Crippen LogP contribution in [0.15, 0.2) is 40.2 Å². The number of pyridine rings is 3. The molecule has 0 fully saturated rings. The average molecular weight is 213 g/mol. The first-order valence-corrected chi connectivity index (χ1v) is 4.75. The second-order valence-electron chi connectivity index (χ2n) is 3.46. The number of aromatic nitrogens is 3. The molecule has 0 unspecified atom stereocenters. The fourth-order valence-electron chi connectivity index (χ4n) is 1.68. The maximum Gasteiger partial charge on any atom is 0.191 e. The van der Waals surface area contributed by atoms with E-state index in [0.29, 0.717) is 22.1 Å². The summed E-state index contributed by atoms with van der Waals surface area (Å²) < 4.78 is 0. The lowest BCUT2D eigenvalue weighted by Gasteiger charge is -1.99. The quantitative estimate of drug-likeness (QED) is 0.541. The van der Waals surface area contributed by atoms with Gasteiger partial charge >= 0.3 is 0 Å². The summed E-state index contributed by atoms with van der Waals surface area (Å²) in [6.07, 6.45) is 3.06. The molecule has 0 bridgehead atoms. The zero-order valence-corrected chi connectivity index (χ0v) is 8.15. The highest BCUT2D eigenvalue weighted by molar-refractivity contribution is 5.88. The number of nitrogens with one attached hydrogen (secondary N) is 2. The minimum absolute atomic E-state index is 0.147. The van der Waals surface area contributed by atoms with Crippen molar-refractivity contribution in [3.05, 3.63) is 51.0 Å². The van der Waals surface area contributed by atoms with E-state index in [1.54, 1.807) is 6.07 Å². The van der Waals surface area contributed by atoms with E-state index >= 15 is 0 Å². The summed E-state index contributed by atoms with van der Waals surface area (Å²) in [6.45, 7) is 0. The summed E-state index contributed by atoms with van der Waals surface area (Å²) in [6, 6.07) is 4.38. The number of aromatic amines is 2. The normalized spacial score (nSPS) is 11.0. The van der Waals surface area contributed by atoms with Gasteiger partial charge in [0, 0.05) is 24.5 Å². The van der Waals surface area contributed by atoms with Crippen LogP contribution in [0, 0.1) is 0 Å². The maximum absolute atomic E-state index is 11.6. The Morgan fingerprint density at radius 3 is 1.88 bits per heavy atom. The highest BCUT2D eigenvalue weighted by Gasteiger charge is 2.04. The molecule has 0 aliphatic rings. The van der Waals surface area contributed by atoms with Crippen molar-refractivity contribution in [2.45, 2.75) is 0 Å². The highest BCUT2D eigenvalue weighted by atomic mass is 16.1. The van der Waals surface area contributed by atoms with Crippen LogP contribution >= 0.6 is 0 Å². The molecule has 3 aromatic rings. The number of nitrogens with zero attached hydrogens (tertiary/aromatic N) is 1. The van der Waals surface area contributed by atoms with E-state index in [4.69, 9.17) is 0 Å². The number of fused-ring (bicyclic) bond motifs is 2. The van der Waals surface area contributed by atoms with Gasteiger partial charge in [0.2, 0.25) is 0 Å². The molecule has 16 heavy (non-hydrogen) atoms. The molecular formula is C11H7N3O2. The minimum atomic E-state index is -0.147. The third kappa shape index (κ3) is 1.15. The first kappa shape index (κ1) is 8.84. The Morgan fingerprint density at radius 1 is 0.875 bits per heavy atom. The summed E-state index contributed by atoms with van der Waals surface area (Å²) in [5.41, 5.74) is 0.654. The van der Waals surface area contributed by atoms with Crippen molar-refractivity contribution in [1.29, 1.82) is 0 Å². The van der Waals surface area contributed by atoms with Crippen LogP contribution in [-0.2, 0) is 0 Å². The number of hydrogen-bond donors (Lipinski definition) is 2. The van der Waals surface area contributed by atoms with Crippen LogP contribution in [0.5, 0.6) is 0 Å². The van der Waals surface area contributed by atoms with Gasteiger partial charge in [-0.25, -0.2) is 4.98 Å². The van der Waals surface area contributed by atoms with Gasteiger partial charge in [-0.2, -0.15) is 0 Å². The lowest BCUT2D eigenvalue weighted by Crippen LogP contribution is -2.06. The number of H-pyrrole nitrogens is 2. The van der Waals surface area contributed by atoms with Crippen LogP contribution in [0.2, 0.25) is 0 Å². The van der Waals surface area contributed by atoms with Crippen LogP contribution in [0.25, 0.3) is 22.1 Å². The van der Waals surface area contributed by atoms with Gasteiger partial charge in [-0.05, 0) is 6.07 Å². The Balaban J connectivity index is 2.65. The Hall–Kier alpha value is -2.43. The van der Waals surface area contributed by atoms with Crippen LogP contribution in [0.1, 0.15) is 0 Å². The largest absolute Gasteiger partial charge is 0.346 e. The Kier molecular flexibility index (Phi) is 1.67. The molecular weight excluding hydrogens is 206 g/mol. The highest BCUT2D eigenvalue weighted by Crippen LogP contribution is 2.09. The lowest BCUT2D eigenvalue weighted by atomic mass is 10.2. The first-order valence-electron chi connectivity index (χ1n) is 4.75. The molecule has 0 atom stereocenters. The molecule has 2 N–H and O–H groups in total. The van der Waals surface area contributed by atoms with Crippen LogP contribution in [0.4, 0.5) is 0 Å². The zero-order chi connectivity index (χ0) is 11.1. The standard InChI is InChI=1S/C11H7N3O2/c15-8-1-3-12-10-6(8)5-7-9(16)2-4-13-11(7)14-10/h1-5H,(H2,12,13,14,15,16). The van der Waals surface area contributed by atoms with Gasteiger partial charge in [-0.1, -0.05) is 0 Å². The van der Waals surface area contributed by atoms with Gasteiger partial charge in [0.05, 0.1) is 10.8 Å². The van der Waals surface area contributed by atoms with Gasteiger partial charge in [0.15, 0.2) is 10.9 Å². The average Bonchev–Trinajstić information content (AvgIpc) is 2.28. The fraction of sp³-hybridized carbons (Fsp3) is 0. The molecule has 0 spiro atoms. The van der Waals surface area contributed by atoms with Gasteiger partial charge in [0.1, 0.15) is 11.3 Å². The van der Waals surface area contributed by atoms with Crippen LogP contribution < -0.4 is 10.9 Å². The van der Waals surface area contributed by atoms with Crippen molar-refractivity contribution in [2.24, 2.45) is 0 Å². The molecule has 3 rings (SSSR count). The molecule has 78 valence electrons. The number of hydrogen-bond acceptors (Lipinski definition) is 3. The van der Waals surface area contributed by atoms with E-state index < -0.39 is 0 Å². The van der Waals surface area contributed by atoms with E-state index in [2.05, 4.69) is 15.0 Å². The summed E-state index contributed by atoms with van der Waals surface area (Å²) in [5, 5.41) is 0.846. The molecule has 0 saturated carbocycles. The molecule has 0 aromatic carbocycles. The SMILES string of the molecule is O=c1cc[nH]c2nc3[nH]ccc(=O)c3cc12. The molecule has 5 nitrogen and oxygen atoms in total. The number of rotatable bonds is 0. The maximum atomic E-state index is 11.6. The molecule has 5 heteroatoms.